The van der Waals surface area contributed by atoms with Crippen LogP contribution in [-0.2, 0) is 0 Å². The number of para-hydroxylation sites is 2. The van der Waals surface area contributed by atoms with E-state index >= 15 is 0 Å². The lowest BCUT2D eigenvalue weighted by atomic mass is 9.96. The van der Waals surface area contributed by atoms with E-state index in [0.717, 1.165) is 44.3 Å². The Balaban J connectivity index is 1.34. The molecule has 7 aromatic rings. The first-order chi connectivity index (χ1) is 15.8. The molecule has 0 N–H and O–H groups in total. The smallest absolute Gasteiger partial charge is 0.227 e. The molecular formula is C28H16N2O2. The minimum Gasteiger partial charge on any atom is -0.443 e. The number of benzene rings is 5. The Hall–Kier alpha value is -4.44. The van der Waals surface area contributed by atoms with Crippen molar-refractivity contribution in [3.05, 3.63) is 97.4 Å². The Morgan fingerprint density at radius 2 is 1.28 bits per heavy atom. The monoisotopic (exact) mass is 412 g/mol. The molecule has 0 bridgehead atoms. The zero-order chi connectivity index (χ0) is 21.1. The summed E-state index contributed by atoms with van der Waals surface area (Å²) in [6.07, 6.45) is 1.48. The number of oxazole rings is 2. The summed E-state index contributed by atoms with van der Waals surface area (Å²) < 4.78 is 11.3. The van der Waals surface area contributed by atoms with Crippen molar-refractivity contribution in [2.24, 2.45) is 0 Å². The zero-order valence-corrected chi connectivity index (χ0v) is 16.9. The van der Waals surface area contributed by atoms with Crippen LogP contribution >= 0.6 is 0 Å². The SMILES string of the molecule is c1ccc2oc(-c3ccc4c(ccc5cc(-c6ccc7ocnc7c6)ccc54)c3)nc2c1. The molecule has 2 heterocycles. The van der Waals surface area contributed by atoms with Gasteiger partial charge in [0, 0.05) is 5.56 Å². The molecule has 150 valence electrons. The molecule has 0 amide bonds. The second-order valence-electron chi connectivity index (χ2n) is 7.96. The van der Waals surface area contributed by atoms with Gasteiger partial charge in [0.05, 0.1) is 0 Å². The third-order valence-corrected chi connectivity index (χ3v) is 6.04. The van der Waals surface area contributed by atoms with Gasteiger partial charge in [-0.1, -0.05) is 48.5 Å². The van der Waals surface area contributed by atoms with Crippen molar-refractivity contribution in [3.63, 3.8) is 0 Å². The summed E-state index contributed by atoms with van der Waals surface area (Å²) in [7, 11) is 0. The minimum absolute atomic E-state index is 0.645. The molecule has 0 unspecified atom stereocenters. The Morgan fingerprint density at radius 3 is 2.12 bits per heavy atom. The van der Waals surface area contributed by atoms with Crippen molar-refractivity contribution in [2.75, 3.05) is 0 Å². The van der Waals surface area contributed by atoms with Gasteiger partial charge in [-0.3, -0.25) is 0 Å². The summed E-state index contributed by atoms with van der Waals surface area (Å²) in [6.45, 7) is 0. The normalized spacial score (nSPS) is 11.8. The van der Waals surface area contributed by atoms with E-state index in [9.17, 15) is 0 Å². The van der Waals surface area contributed by atoms with E-state index < -0.39 is 0 Å². The van der Waals surface area contributed by atoms with Crippen molar-refractivity contribution in [2.45, 2.75) is 0 Å². The average Bonchev–Trinajstić information content (AvgIpc) is 3.49. The van der Waals surface area contributed by atoms with Crippen molar-refractivity contribution in [3.8, 4) is 22.6 Å². The highest BCUT2D eigenvalue weighted by Gasteiger charge is 2.10. The zero-order valence-electron chi connectivity index (χ0n) is 16.9. The first-order valence-corrected chi connectivity index (χ1v) is 10.5. The van der Waals surface area contributed by atoms with E-state index in [2.05, 4.69) is 70.6 Å². The van der Waals surface area contributed by atoms with Gasteiger partial charge in [0.15, 0.2) is 17.6 Å². The van der Waals surface area contributed by atoms with Gasteiger partial charge in [0.25, 0.3) is 0 Å². The number of aromatic nitrogens is 2. The fraction of sp³-hybridized carbons (Fsp3) is 0. The number of nitrogens with zero attached hydrogens (tertiary/aromatic N) is 2. The maximum Gasteiger partial charge on any atom is 0.227 e. The average molecular weight is 412 g/mol. The lowest BCUT2D eigenvalue weighted by molar-refractivity contribution is 0.602. The molecule has 0 atom stereocenters. The third kappa shape index (κ3) is 2.63. The highest BCUT2D eigenvalue weighted by molar-refractivity contribution is 6.09. The molecule has 0 spiro atoms. The Morgan fingerprint density at radius 1 is 0.562 bits per heavy atom. The van der Waals surface area contributed by atoms with Crippen LogP contribution in [0, 0.1) is 0 Å². The Kier molecular flexibility index (Phi) is 3.52. The molecule has 32 heavy (non-hydrogen) atoms. The highest BCUT2D eigenvalue weighted by atomic mass is 16.3. The van der Waals surface area contributed by atoms with Crippen LogP contribution in [0.15, 0.2) is 106 Å². The summed E-state index contributed by atoms with van der Waals surface area (Å²) in [5.74, 6) is 0.645. The number of hydrogen-bond donors (Lipinski definition) is 0. The quantitative estimate of drug-likeness (QED) is 0.274. The Labute approximate surface area is 182 Å². The van der Waals surface area contributed by atoms with Crippen molar-refractivity contribution in [1.29, 1.82) is 0 Å². The van der Waals surface area contributed by atoms with Gasteiger partial charge in [0.1, 0.15) is 11.0 Å². The minimum atomic E-state index is 0.645. The van der Waals surface area contributed by atoms with Gasteiger partial charge < -0.3 is 8.83 Å². The second kappa shape index (κ2) is 6.53. The molecular weight excluding hydrogens is 396 g/mol. The maximum absolute atomic E-state index is 5.96. The van der Waals surface area contributed by atoms with E-state index in [0.29, 0.717) is 5.89 Å². The van der Waals surface area contributed by atoms with Gasteiger partial charge in [-0.05, 0) is 75.1 Å². The summed E-state index contributed by atoms with van der Waals surface area (Å²) in [5, 5.41) is 4.79. The molecule has 0 radical (unpaired) electrons. The lowest BCUT2D eigenvalue weighted by Crippen LogP contribution is -1.83. The molecule has 5 aromatic carbocycles. The van der Waals surface area contributed by atoms with Crippen molar-refractivity contribution in [1.82, 2.24) is 9.97 Å². The van der Waals surface area contributed by atoms with Gasteiger partial charge in [-0.15, -0.1) is 0 Å². The highest BCUT2D eigenvalue weighted by Crippen LogP contribution is 2.33. The van der Waals surface area contributed by atoms with E-state index in [-0.39, 0.29) is 0 Å². The first-order valence-electron chi connectivity index (χ1n) is 10.5. The van der Waals surface area contributed by atoms with Crippen LogP contribution in [0.5, 0.6) is 0 Å². The van der Waals surface area contributed by atoms with E-state index in [1.807, 2.05) is 30.3 Å². The maximum atomic E-state index is 5.96. The summed E-state index contributed by atoms with van der Waals surface area (Å²) >= 11 is 0. The predicted molar refractivity (Wildman–Crippen MR) is 127 cm³/mol. The molecule has 0 fully saturated rings. The fourth-order valence-electron chi connectivity index (χ4n) is 4.42. The number of hydrogen-bond acceptors (Lipinski definition) is 4. The van der Waals surface area contributed by atoms with Crippen molar-refractivity contribution < 1.29 is 8.83 Å². The van der Waals surface area contributed by atoms with E-state index in [1.54, 1.807) is 0 Å². The summed E-state index contributed by atoms with van der Waals surface area (Å²) in [5.41, 5.74) is 6.60. The molecule has 4 heteroatoms. The van der Waals surface area contributed by atoms with Gasteiger partial charge >= 0.3 is 0 Å². The fourth-order valence-corrected chi connectivity index (χ4v) is 4.42. The molecule has 4 nitrogen and oxygen atoms in total. The second-order valence-corrected chi connectivity index (χ2v) is 7.96. The van der Waals surface area contributed by atoms with E-state index in [4.69, 9.17) is 8.83 Å². The van der Waals surface area contributed by atoms with E-state index in [1.165, 1.54) is 22.6 Å². The molecule has 7 rings (SSSR count). The van der Waals surface area contributed by atoms with Crippen LogP contribution in [0.3, 0.4) is 0 Å². The molecule has 0 aliphatic heterocycles. The predicted octanol–water partition coefficient (Wildman–Crippen LogP) is 7.61. The van der Waals surface area contributed by atoms with Crippen LogP contribution in [0.1, 0.15) is 0 Å². The van der Waals surface area contributed by atoms with Crippen LogP contribution in [0.2, 0.25) is 0 Å². The van der Waals surface area contributed by atoms with Crippen LogP contribution in [0.25, 0.3) is 66.3 Å². The molecule has 0 aliphatic carbocycles. The van der Waals surface area contributed by atoms with Crippen LogP contribution in [0.4, 0.5) is 0 Å². The van der Waals surface area contributed by atoms with Crippen molar-refractivity contribution >= 4 is 43.7 Å². The van der Waals surface area contributed by atoms with Crippen LogP contribution < -0.4 is 0 Å². The summed E-state index contributed by atoms with van der Waals surface area (Å²) in [6, 6.07) is 31.2. The lowest BCUT2D eigenvalue weighted by Gasteiger charge is -2.08. The van der Waals surface area contributed by atoms with Gasteiger partial charge in [0.2, 0.25) is 5.89 Å². The molecule has 0 saturated carbocycles. The Bertz CT molecular complexity index is 1700. The molecule has 2 aromatic heterocycles. The number of fused-ring (bicyclic) bond motifs is 5. The largest absolute Gasteiger partial charge is 0.443 e. The summed E-state index contributed by atoms with van der Waals surface area (Å²) in [4.78, 5) is 8.91. The first kappa shape index (κ1) is 17.3. The topological polar surface area (TPSA) is 52.1 Å². The van der Waals surface area contributed by atoms with Gasteiger partial charge in [-0.25, -0.2) is 9.97 Å². The molecule has 0 aliphatic rings. The van der Waals surface area contributed by atoms with Gasteiger partial charge in [-0.2, -0.15) is 0 Å². The standard InChI is InChI=1S/C28H16N2O2/c1-2-4-27-24(3-1)30-28(32-27)21-8-11-23-20(14-21)6-5-19-13-17(7-10-22(19)23)18-9-12-26-25(15-18)29-16-31-26/h1-16H. The third-order valence-electron chi connectivity index (χ3n) is 6.04. The van der Waals surface area contributed by atoms with Crippen LogP contribution in [-0.4, -0.2) is 9.97 Å². The number of rotatable bonds is 2. The molecule has 0 saturated heterocycles.